The maximum Gasteiger partial charge on any atom is 0.257 e. The first-order chi connectivity index (χ1) is 8.99. The summed E-state index contributed by atoms with van der Waals surface area (Å²) in [6, 6.07) is 10.0. The second-order valence-corrected chi connectivity index (χ2v) is 5.43. The summed E-state index contributed by atoms with van der Waals surface area (Å²) in [6.45, 7) is 0. The van der Waals surface area contributed by atoms with E-state index in [9.17, 15) is 4.79 Å². The summed E-state index contributed by atoms with van der Waals surface area (Å²) in [4.78, 5) is 12.1. The van der Waals surface area contributed by atoms with Crippen LogP contribution in [0.4, 0.5) is 11.4 Å². The first-order valence-corrected chi connectivity index (χ1v) is 6.84. The van der Waals surface area contributed by atoms with Gasteiger partial charge in [-0.15, -0.1) is 0 Å². The van der Waals surface area contributed by atoms with Crippen molar-refractivity contribution in [1.82, 2.24) is 0 Å². The number of carbonyl (C=O) groups is 1. The Kier molecular flexibility index (Phi) is 4.34. The second kappa shape index (κ2) is 5.82. The van der Waals surface area contributed by atoms with Crippen LogP contribution in [0.1, 0.15) is 10.4 Å². The van der Waals surface area contributed by atoms with Crippen molar-refractivity contribution in [2.24, 2.45) is 0 Å². The summed E-state index contributed by atoms with van der Waals surface area (Å²) in [7, 11) is 0. The maximum atomic E-state index is 12.1. The maximum absolute atomic E-state index is 12.1. The summed E-state index contributed by atoms with van der Waals surface area (Å²) >= 11 is 15.2. The van der Waals surface area contributed by atoms with Crippen molar-refractivity contribution in [2.45, 2.75) is 0 Å². The number of benzene rings is 2. The Morgan fingerprint density at radius 2 is 1.95 bits per heavy atom. The van der Waals surface area contributed by atoms with Gasteiger partial charge in [0.05, 0.1) is 21.3 Å². The van der Waals surface area contributed by atoms with Gasteiger partial charge in [-0.05, 0) is 46.3 Å². The van der Waals surface area contributed by atoms with Crippen molar-refractivity contribution in [1.29, 1.82) is 0 Å². The lowest BCUT2D eigenvalue weighted by molar-refractivity contribution is 0.102. The first-order valence-electron chi connectivity index (χ1n) is 5.29. The molecular formula is C13H9BrCl2N2O. The van der Waals surface area contributed by atoms with Crippen molar-refractivity contribution in [2.75, 3.05) is 11.1 Å². The Balaban J connectivity index is 2.26. The summed E-state index contributed by atoms with van der Waals surface area (Å²) in [6.07, 6.45) is 0. The van der Waals surface area contributed by atoms with E-state index in [1.54, 1.807) is 36.4 Å². The van der Waals surface area contributed by atoms with Crippen LogP contribution >= 0.6 is 39.1 Å². The minimum atomic E-state index is -0.313. The van der Waals surface area contributed by atoms with E-state index in [1.807, 2.05) is 0 Å². The zero-order chi connectivity index (χ0) is 14.0. The van der Waals surface area contributed by atoms with E-state index in [-0.39, 0.29) is 5.91 Å². The molecule has 3 N–H and O–H groups in total. The molecule has 0 saturated carbocycles. The molecule has 0 aliphatic rings. The number of hydrogen-bond donors (Lipinski definition) is 2. The van der Waals surface area contributed by atoms with Gasteiger partial charge in [-0.2, -0.15) is 0 Å². The van der Waals surface area contributed by atoms with Crippen LogP contribution in [0.3, 0.4) is 0 Å². The van der Waals surface area contributed by atoms with E-state index in [2.05, 4.69) is 21.2 Å². The summed E-state index contributed by atoms with van der Waals surface area (Å²) in [5, 5.41) is 3.46. The van der Waals surface area contributed by atoms with Crippen LogP contribution < -0.4 is 11.1 Å². The molecule has 0 fully saturated rings. The highest BCUT2D eigenvalue weighted by molar-refractivity contribution is 9.10. The average Bonchev–Trinajstić information content (AvgIpc) is 2.37. The van der Waals surface area contributed by atoms with Crippen LogP contribution in [0.15, 0.2) is 40.9 Å². The SMILES string of the molecule is Nc1ccc(NC(=O)c2cccc(Br)c2Cl)cc1Cl. The molecule has 1 amide bonds. The van der Waals surface area contributed by atoms with Crippen molar-refractivity contribution in [3.63, 3.8) is 0 Å². The van der Waals surface area contributed by atoms with Gasteiger partial charge in [0.1, 0.15) is 0 Å². The van der Waals surface area contributed by atoms with Gasteiger partial charge in [0, 0.05) is 10.2 Å². The molecule has 0 radical (unpaired) electrons. The number of hydrogen-bond acceptors (Lipinski definition) is 2. The monoisotopic (exact) mass is 358 g/mol. The molecular weight excluding hydrogens is 351 g/mol. The number of anilines is 2. The third-order valence-corrected chi connectivity index (χ3v) is 4.08. The minimum absolute atomic E-state index is 0.313. The highest BCUT2D eigenvalue weighted by atomic mass is 79.9. The van der Waals surface area contributed by atoms with E-state index in [0.29, 0.717) is 31.5 Å². The molecule has 0 saturated heterocycles. The number of rotatable bonds is 2. The molecule has 0 spiro atoms. The lowest BCUT2D eigenvalue weighted by Crippen LogP contribution is -2.12. The smallest absolute Gasteiger partial charge is 0.257 e. The summed E-state index contributed by atoms with van der Waals surface area (Å²) in [5.74, 6) is -0.313. The molecule has 2 aromatic rings. The molecule has 2 aromatic carbocycles. The van der Waals surface area contributed by atoms with Gasteiger partial charge in [-0.25, -0.2) is 0 Å². The Labute approximate surface area is 128 Å². The molecule has 0 aliphatic heterocycles. The third kappa shape index (κ3) is 3.21. The van der Waals surface area contributed by atoms with Crippen molar-refractivity contribution < 1.29 is 4.79 Å². The van der Waals surface area contributed by atoms with Gasteiger partial charge in [0.25, 0.3) is 5.91 Å². The molecule has 0 unspecified atom stereocenters. The summed E-state index contributed by atoms with van der Waals surface area (Å²) < 4.78 is 0.664. The number of nitrogens with one attached hydrogen (secondary N) is 1. The van der Waals surface area contributed by atoms with Crippen molar-refractivity contribution in [3.8, 4) is 0 Å². The van der Waals surface area contributed by atoms with E-state index >= 15 is 0 Å². The van der Waals surface area contributed by atoms with E-state index in [4.69, 9.17) is 28.9 Å². The predicted octanol–water partition coefficient (Wildman–Crippen LogP) is 4.59. The third-order valence-electron chi connectivity index (χ3n) is 2.45. The summed E-state index contributed by atoms with van der Waals surface area (Å²) in [5.41, 5.74) is 7.00. The number of amides is 1. The number of nitrogen functional groups attached to an aromatic ring is 1. The molecule has 19 heavy (non-hydrogen) atoms. The lowest BCUT2D eigenvalue weighted by atomic mass is 10.2. The van der Waals surface area contributed by atoms with Gasteiger partial charge in [0.2, 0.25) is 0 Å². The molecule has 3 nitrogen and oxygen atoms in total. The van der Waals surface area contributed by atoms with Gasteiger partial charge in [-0.1, -0.05) is 29.3 Å². The lowest BCUT2D eigenvalue weighted by Gasteiger charge is -2.08. The first kappa shape index (κ1) is 14.2. The molecule has 98 valence electrons. The average molecular weight is 360 g/mol. The molecule has 0 heterocycles. The molecule has 0 aromatic heterocycles. The zero-order valence-electron chi connectivity index (χ0n) is 9.58. The van der Waals surface area contributed by atoms with Crippen LogP contribution in [0.2, 0.25) is 10.0 Å². The van der Waals surface area contributed by atoms with E-state index < -0.39 is 0 Å². The largest absolute Gasteiger partial charge is 0.398 e. The van der Waals surface area contributed by atoms with E-state index in [0.717, 1.165) is 0 Å². The van der Waals surface area contributed by atoms with Gasteiger partial charge >= 0.3 is 0 Å². The molecule has 6 heteroatoms. The van der Waals surface area contributed by atoms with Crippen molar-refractivity contribution in [3.05, 3.63) is 56.5 Å². The van der Waals surface area contributed by atoms with Gasteiger partial charge in [-0.3, -0.25) is 4.79 Å². The Morgan fingerprint density at radius 3 is 2.63 bits per heavy atom. The fourth-order valence-electron chi connectivity index (χ4n) is 1.48. The quantitative estimate of drug-likeness (QED) is 0.770. The van der Waals surface area contributed by atoms with Crippen LogP contribution in [0.5, 0.6) is 0 Å². The van der Waals surface area contributed by atoms with Crippen LogP contribution in [-0.2, 0) is 0 Å². The molecule has 0 atom stereocenters. The van der Waals surface area contributed by atoms with Crippen LogP contribution in [0.25, 0.3) is 0 Å². The molecule has 2 rings (SSSR count). The molecule has 0 bridgehead atoms. The Morgan fingerprint density at radius 1 is 1.21 bits per heavy atom. The minimum Gasteiger partial charge on any atom is -0.398 e. The fraction of sp³-hybridized carbons (Fsp3) is 0. The van der Waals surface area contributed by atoms with Gasteiger partial charge in [0.15, 0.2) is 0 Å². The van der Waals surface area contributed by atoms with E-state index in [1.165, 1.54) is 0 Å². The molecule has 0 aliphatic carbocycles. The highest BCUT2D eigenvalue weighted by Crippen LogP contribution is 2.27. The second-order valence-electron chi connectivity index (χ2n) is 3.79. The standard InChI is InChI=1S/C13H9BrCl2N2O/c14-9-3-1-2-8(12(9)16)13(19)18-7-4-5-11(17)10(15)6-7/h1-6H,17H2,(H,18,19). The Hall–Kier alpha value is -1.23. The number of halogens is 3. The predicted molar refractivity (Wildman–Crippen MR) is 83.0 cm³/mol. The van der Waals surface area contributed by atoms with Crippen LogP contribution in [0, 0.1) is 0 Å². The highest BCUT2D eigenvalue weighted by Gasteiger charge is 2.12. The number of nitrogens with two attached hydrogens (primary N) is 1. The number of carbonyl (C=O) groups excluding carboxylic acids is 1. The van der Waals surface area contributed by atoms with Gasteiger partial charge < -0.3 is 11.1 Å². The Bertz CT molecular complexity index is 647. The zero-order valence-corrected chi connectivity index (χ0v) is 12.7. The fourth-order valence-corrected chi connectivity index (χ4v) is 2.24. The van der Waals surface area contributed by atoms with Crippen LogP contribution in [-0.4, -0.2) is 5.91 Å². The normalized spacial score (nSPS) is 10.3. The van der Waals surface area contributed by atoms with Crippen molar-refractivity contribution >= 4 is 56.4 Å². The topological polar surface area (TPSA) is 55.1 Å².